The molecule has 1 aliphatic heterocycles. The van der Waals surface area contributed by atoms with Crippen molar-refractivity contribution in [3.05, 3.63) is 42.0 Å². The Hall–Kier alpha value is -1.24. The molecule has 0 amide bonds. The Morgan fingerprint density at radius 3 is 2.81 bits per heavy atom. The van der Waals surface area contributed by atoms with E-state index in [-0.39, 0.29) is 5.60 Å². The van der Waals surface area contributed by atoms with Crippen molar-refractivity contribution in [2.24, 2.45) is 0 Å². The highest BCUT2D eigenvalue weighted by Crippen LogP contribution is 2.35. The molecular weight excluding hydrogens is 196 g/mol. The van der Waals surface area contributed by atoms with Crippen molar-refractivity contribution in [2.45, 2.75) is 45.1 Å². The standard InChI is InChI=1S/C15H20O/c1-5-15(4)9-8-13-10-12(11(2)3)6-7-14(13)16-15/h5-7,10-11H,1,8-9H2,2-4H3/t15-/m1/s1. The Balaban J connectivity index is 2.32. The van der Waals surface area contributed by atoms with E-state index in [4.69, 9.17) is 4.74 Å². The fourth-order valence-corrected chi connectivity index (χ4v) is 2.08. The lowest BCUT2D eigenvalue weighted by molar-refractivity contribution is 0.115. The largest absolute Gasteiger partial charge is 0.483 e. The van der Waals surface area contributed by atoms with Gasteiger partial charge in [0.15, 0.2) is 0 Å². The second kappa shape index (κ2) is 3.97. The molecule has 1 heterocycles. The van der Waals surface area contributed by atoms with Crippen LogP contribution in [0.2, 0.25) is 0 Å². The minimum Gasteiger partial charge on any atom is -0.483 e. The monoisotopic (exact) mass is 216 g/mol. The molecule has 0 radical (unpaired) electrons. The van der Waals surface area contributed by atoms with Gasteiger partial charge in [-0.3, -0.25) is 0 Å². The van der Waals surface area contributed by atoms with Gasteiger partial charge in [0.2, 0.25) is 0 Å². The lowest BCUT2D eigenvalue weighted by Gasteiger charge is -2.33. The van der Waals surface area contributed by atoms with Crippen LogP contribution in [0.1, 0.15) is 44.2 Å². The average Bonchev–Trinajstić information content (AvgIpc) is 2.28. The molecule has 0 N–H and O–H groups in total. The highest BCUT2D eigenvalue weighted by Gasteiger charge is 2.28. The van der Waals surface area contributed by atoms with Crippen LogP contribution in [0.4, 0.5) is 0 Å². The normalized spacial score (nSPS) is 23.8. The Labute approximate surface area is 98.1 Å². The van der Waals surface area contributed by atoms with Crippen LogP contribution in [0.25, 0.3) is 0 Å². The van der Waals surface area contributed by atoms with E-state index in [0.717, 1.165) is 18.6 Å². The first-order valence-corrected chi connectivity index (χ1v) is 5.99. The predicted molar refractivity (Wildman–Crippen MR) is 68.1 cm³/mol. The molecule has 1 aromatic rings. The molecular formula is C15H20O. The molecule has 0 saturated heterocycles. The quantitative estimate of drug-likeness (QED) is 0.677. The summed E-state index contributed by atoms with van der Waals surface area (Å²) in [6, 6.07) is 6.55. The molecule has 2 rings (SSSR count). The Morgan fingerprint density at radius 2 is 2.19 bits per heavy atom. The number of rotatable bonds is 2. The maximum atomic E-state index is 5.99. The summed E-state index contributed by atoms with van der Waals surface area (Å²) >= 11 is 0. The van der Waals surface area contributed by atoms with Gasteiger partial charge in [-0.05, 0) is 49.0 Å². The van der Waals surface area contributed by atoms with Crippen molar-refractivity contribution >= 4 is 0 Å². The Bertz CT molecular complexity index is 406. The van der Waals surface area contributed by atoms with Crippen molar-refractivity contribution in [3.8, 4) is 5.75 Å². The van der Waals surface area contributed by atoms with Gasteiger partial charge < -0.3 is 4.74 Å². The molecule has 1 aliphatic rings. The van der Waals surface area contributed by atoms with Crippen LogP contribution in [-0.4, -0.2) is 5.60 Å². The van der Waals surface area contributed by atoms with Crippen LogP contribution in [-0.2, 0) is 6.42 Å². The third-order valence-corrected chi connectivity index (χ3v) is 3.42. The lowest BCUT2D eigenvalue weighted by Crippen LogP contribution is -2.33. The summed E-state index contributed by atoms with van der Waals surface area (Å²) in [7, 11) is 0. The maximum absolute atomic E-state index is 5.99. The summed E-state index contributed by atoms with van der Waals surface area (Å²) < 4.78 is 5.99. The molecule has 0 fully saturated rings. The molecule has 1 nitrogen and oxygen atoms in total. The summed E-state index contributed by atoms with van der Waals surface area (Å²) in [6.07, 6.45) is 4.01. The van der Waals surface area contributed by atoms with Crippen LogP contribution in [0, 0.1) is 0 Å². The van der Waals surface area contributed by atoms with Gasteiger partial charge in [0.05, 0.1) is 0 Å². The molecule has 0 aliphatic carbocycles. The van der Waals surface area contributed by atoms with Gasteiger partial charge >= 0.3 is 0 Å². The van der Waals surface area contributed by atoms with Crippen LogP contribution < -0.4 is 4.74 Å². The number of hydrogen-bond acceptors (Lipinski definition) is 1. The first-order valence-electron chi connectivity index (χ1n) is 5.99. The summed E-state index contributed by atoms with van der Waals surface area (Å²) in [5, 5.41) is 0. The average molecular weight is 216 g/mol. The number of aryl methyl sites for hydroxylation is 1. The molecule has 1 heteroatoms. The second-order valence-electron chi connectivity index (χ2n) is 5.14. The Kier molecular flexibility index (Phi) is 2.79. The van der Waals surface area contributed by atoms with E-state index < -0.39 is 0 Å². The predicted octanol–water partition coefficient (Wildman–Crippen LogP) is 4.08. The van der Waals surface area contributed by atoms with E-state index in [1.807, 2.05) is 6.08 Å². The van der Waals surface area contributed by atoms with Gasteiger partial charge in [-0.25, -0.2) is 0 Å². The smallest absolute Gasteiger partial charge is 0.124 e. The van der Waals surface area contributed by atoms with Crippen molar-refractivity contribution in [3.63, 3.8) is 0 Å². The minimum absolute atomic E-state index is 0.188. The molecule has 0 bridgehead atoms. The van der Waals surface area contributed by atoms with Gasteiger partial charge in [0.25, 0.3) is 0 Å². The van der Waals surface area contributed by atoms with E-state index in [1.165, 1.54) is 11.1 Å². The molecule has 0 spiro atoms. The number of benzene rings is 1. The molecule has 0 unspecified atom stereocenters. The van der Waals surface area contributed by atoms with Crippen LogP contribution in [0.5, 0.6) is 5.75 Å². The van der Waals surface area contributed by atoms with Gasteiger partial charge in [0, 0.05) is 0 Å². The van der Waals surface area contributed by atoms with E-state index >= 15 is 0 Å². The summed E-state index contributed by atoms with van der Waals surface area (Å²) in [5.74, 6) is 1.61. The van der Waals surface area contributed by atoms with E-state index in [1.54, 1.807) is 0 Å². The number of fused-ring (bicyclic) bond motifs is 1. The third kappa shape index (κ3) is 1.99. The van der Waals surface area contributed by atoms with Crippen LogP contribution in [0.3, 0.4) is 0 Å². The van der Waals surface area contributed by atoms with Crippen LogP contribution in [0.15, 0.2) is 30.9 Å². The van der Waals surface area contributed by atoms with Crippen LogP contribution >= 0.6 is 0 Å². The SMILES string of the molecule is C=C[C@]1(C)CCc2cc(C(C)C)ccc2O1. The van der Waals surface area contributed by atoms with Crippen molar-refractivity contribution in [2.75, 3.05) is 0 Å². The molecule has 16 heavy (non-hydrogen) atoms. The highest BCUT2D eigenvalue weighted by atomic mass is 16.5. The molecule has 0 aromatic heterocycles. The fraction of sp³-hybridized carbons (Fsp3) is 0.467. The topological polar surface area (TPSA) is 9.23 Å². The zero-order valence-electron chi connectivity index (χ0n) is 10.4. The third-order valence-electron chi connectivity index (χ3n) is 3.42. The summed E-state index contributed by atoms with van der Waals surface area (Å²) in [5.41, 5.74) is 2.54. The van der Waals surface area contributed by atoms with Crippen molar-refractivity contribution in [1.82, 2.24) is 0 Å². The second-order valence-corrected chi connectivity index (χ2v) is 5.14. The summed E-state index contributed by atoms with van der Waals surface area (Å²) in [6.45, 7) is 10.4. The van der Waals surface area contributed by atoms with E-state index in [2.05, 4.69) is 45.5 Å². The van der Waals surface area contributed by atoms with Gasteiger partial charge in [-0.1, -0.05) is 32.6 Å². The molecule has 1 atom stereocenters. The number of ether oxygens (including phenoxy) is 1. The van der Waals surface area contributed by atoms with Crippen molar-refractivity contribution < 1.29 is 4.74 Å². The number of hydrogen-bond donors (Lipinski definition) is 0. The molecule has 0 saturated carbocycles. The first-order chi connectivity index (χ1) is 7.54. The van der Waals surface area contributed by atoms with Gasteiger partial charge in [-0.2, -0.15) is 0 Å². The van der Waals surface area contributed by atoms with Gasteiger partial charge in [0.1, 0.15) is 11.4 Å². The van der Waals surface area contributed by atoms with E-state index in [9.17, 15) is 0 Å². The zero-order chi connectivity index (χ0) is 11.8. The first kappa shape index (κ1) is 11.3. The van der Waals surface area contributed by atoms with Crippen molar-refractivity contribution in [1.29, 1.82) is 0 Å². The molecule has 86 valence electrons. The minimum atomic E-state index is -0.188. The lowest BCUT2D eigenvalue weighted by atomic mass is 9.90. The zero-order valence-corrected chi connectivity index (χ0v) is 10.4. The van der Waals surface area contributed by atoms with Gasteiger partial charge in [-0.15, -0.1) is 0 Å². The molecule has 1 aromatic carbocycles. The maximum Gasteiger partial charge on any atom is 0.124 e. The Morgan fingerprint density at radius 1 is 1.44 bits per heavy atom. The van der Waals surface area contributed by atoms with E-state index in [0.29, 0.717) is 5.92 Å². The fourth-order valence-electron chi connectivity index (χ4n) is 2.08. The summed E-state index contributed by atoms with van der Waals surface area (Å²) in [4.78, 5) is 0. The highest BCUT2D eigenvalue weighted by molar-refractivity contribution is 5.41.